The Kier molecular flexibility index (Phi) is 3.76. The number of pyridine rings is 1. The second-order valence-electron chi connectivity index (χ2n) is 3.00. The SMILES string of the molecule is CCOc1cccc(CSc2cn[nH]n2)n1. The van der Waals surface area contributed by atoms with Crippen LogP contribution in [0.3, 0.4) is 0 Å². The maximum Gasteiger partial charge on any atom is 0.213 e. The fraction of sp³-hybridized carbons (Fsp3) is 0.300. The van der Waals surface area contributed by atoms with Gasteiger partial charge < -0.3 is 4.74 Å². The second-order valence-corrected chi connectivity index (χ2v) is 3.99. The summed E-state index contributed by atoms with van der Waals surface area (Å²) in [6, 6.07) is 5.76. The number of hydrogen-bond acceptors (Lipinski definition) is 5. The molecule has 0 fully saturated rings. The maximum absolute atomic E-state index is 5.33. The first-order chi connectivity index (χ1) is 7.88. The van der Waals surface area contributed by atoms with Crippen LogP contribution in [0.25, 0.3) is 0 Å². The van der Waals surface area contributed by atoms with E-state index in [-0.39, 0.29) is 0 Å². The molecule has 2 heterocycles. The van der Waals surface area contributed by atoms with Gasteiger partial charge in [0.25, 0.3) is 0 Å². The molecule has 0 radical (unpaired) electrons. The molecule has 2 aromatic rings. The molecular weight excluding hydrogens is 224 g/mol. The van der Waals surface area contributed by atoms with Crippen LogP contribution in [0.4, 0.5) is 0 Å². The van der Waals surface area contributed by atoms with Crippen LogP contribution in [-0.2, 0) is 5.75 Å². The van der Waals surface area contributed by atoms with Gasteiger partial charge in [0.05, 0.1) is 18.5 Å². The summed E-state index contributed by atoms with van der Waals surface area (Å²) in [5.74, 6) is 1.42. The van der Waals surface area contributed by atoms with Gasteiger partial charge >= 0.3 is 0 Å². The minimum Gasteiger partial charge on any atom is -0.478 e. The molecule has 0 atom stereocenters. The van der Waals surface area contributed by atoms with E-state index in [4.69, 9.17) is 4.74 Å². The third-order valence-electron chi connectivity index (χ3n) is 1.83. The Balaban J connectivity index is 1.96. The topological polar surface area (TPSA) is 63.7 Å². The number of rotatable bonds is 5. The number of ether oxygens (including phenoxy) is 1. The monoisotopic (exact) mass is 236 g/mol. The number of H-pyrrole nitrogens is 1. The summed E-state index contributed by atoms with van der Waals surface area (Å²) in [7, 11) is 0. The molecule has 2 rings (SSSR count). The van der Waals surface area contributed by atoms with Crippen molar-refractivity contribution in [3.8, 4) is 5.88 Å². The van der Waals surface area contributed by atoms with Gasteiger partial charge in [0.2, 0.25) is 5.88 Å². The summed E-state index contributed by atoms with van der Waals surface area (Å²) in [4.78, 5) is 4.36. The highest BCUT2D eigenvalue weighted by molar-refractivity contribution is 7.98. The average molecular weight is 236 g/mol. The predicted octanol–water partition coefficient (Wildman–Crippen LogP) is 1.89. The van der Waals surface area contributed by atoms with Crippen molar-refractivity contribution in [2.45, 2.75) is 17.7 Å². The second kappa shape index (κ2) is 5.50. The molecule has 0 saturated carbocycles. The lowest BCUT2D eigenvalue weighted by molar-refractivity contribution is 0.326. The van der Waals surface area contributed by atoms with Gasteiger partial charge in [-0.3, -0.25) is 0 Å². The van der Waals surface area contributed by atoms with E-state index in [1.54, 1.807) is 18.0 Å². The zero-order chi connectivity index (χ0) is 11.2. The van der Waals surface area contributed by atoms with E-state index in [1.807, 2.05) is 25.1 Å². The fourth-order valence-corrected chi connectivity index (χ4v) is 1.86. The number of aromatic amines is 1. The molecule has 0 aliphatic carbocycles. The Bertz CT molecular complexity index is 432. The summed E-state index contributed by atoms with van der Waals surface area (Å²) in [5, 5.41) is 11.1. The molecule has 6 heteroatoms. The van der Waals surface area contributed by atoms with Crippen molar-refractivity contribution in [1.29, 1.82) is 0 Å². The highest BCUT2D eigenvalue weighted by Crippen LogP contribution is 2.19. The highest BCUT2D eigenvalue weighted by Gasteiger charge is 2.01. The molecule has 0 saturated heterocycles. The van der Waals surface area contributed by atoms with Crippen molar-refractivity contribution in [1.82, 2.24) is 20.4 Å². The van der Waals surface area contributed by atoms with E-state index in [0.717, 1.165) is 16.5 Å². The van der Waals surface area contributed by atoms with Crippen molar-refractivity contribution >= 4 is 11.8 Å². The number of nitrogens with one attached hydrogen (secondary N) is 1. The number of thioether (sulfide) groups is 1. The van der Waals surface area contributed by atoms with Gasteiger partial charge in [-0.1, -0.05) is 17.8 Å². The quantitative estimate of drug-likeness (QED) is 0.803. The molecule has 0 unspecified atom stereocenters. The summed E-state index contributed by atoms with van der Waals surface area (Å²) in [6.45, 7) is 2.57. The van der Waals surface area contributed by atoms with Gasteiger partial charge in [0.15, 0.2) is 0 Å². The van der Waals surface area contributed by atoms with Gasteiger partial charge in [-0.2, -0.15) is 10.3 Å². The predicted molar refractivity (Wildman–Crippen MR) is 61.3 cm³/mol. The van der Waals surface area contributed by atoms with Crippen LogP contribution in [0.2, 0.25) is 0 Å². The Labute approximate surface area is 97.6 Å². The summed E-state index contributed by atoms with van der Waals surface area (Å²) in [5.41, 5.74) is 0.971. The minimum absolute atomic E-state index is 0.632. The zero-order valence-electron chi connectivity index (χ0n) is 8.88. The van der Waals surface area contributed by atoms with Crippen LogP contribution in [0.1, 0.15) is 12.6 Å². The van der Waals surface area contributed by atoms with Crippen LogP contribution in [-0.4, -0.2) is 27.0 Å². The molecule has 16 heavy (non-hydrogen) atoms. The number of nitrogens with zero attached hydrogens (tertiary/aromatic N) is 3. The van der Waals surface area contributed by atoms with E-state index < -0.39 is 0 Å². The Morgan fingerprint density at radius 3 is 3.12 bits per heavy atom. The molecule has 0 aromatic carbocycles. The first kappa shape index (κ1) is 10.9. The number of hydrogen-bond donors (Lipinski definition) is 1. The highest BCUT2D eigenvalue weighted by atomic mass is 32.2. The lowest BCUT2D eigenvalue weighted by Crippen LogP contribution is -1.96. The Morgan fingerprint density at radius 2 is 2.38 bits per heavy atom. The summed E-state index contributed by atoms with van der Waals surface area (Å²) < 4.78 is 5.33. The molecule has 5 nitrogen and oxygen atoms in total. The molecule has 1 N–H and O–H groups in total. The zero-order valence-corrected chi connectivity index (χ0v) is 9.70. The van der Waals surface area contributed by atoms with Gasteiger partial charge in [0.1, 0.15) is 5.03 Å². The lowest BCUT2D eigenvalue weighted by Gasteiger charge is -2.03. The first-order valence-corrected chi connectivity index (χ1v) is 5.94. The Hall–Kier alpha value is -1.56. The van der Waals surface area contributed by atoms with Crippen LogP contribution in [0.5, 0.6) is 5.88 Å². The minimum atomic E-state index is 0.632. The third-order valence-corrected chi connectivity index (χ3v) is 2.77. The van der Waals surface area contributed by atoms with Crippen molar-refractivity contribution in [2.75, 3.05) is 6.61 Å². The summed E-state index contributed by atoms with van der Waals surface area (Å²) in [6.07, 6.45) is 1.69. The van der Waals surface area contributed by atoms with Crippen molar-refractivity contribution in [3.05, 3.63) is 30.1 Å². The lowest BCUT2D eigenvalue weighted by atomic mass is 10.4. The van der Waals surface area contributed by atoms with Gasteiger partial charge in [0, 0.05) is 11.8 Å². The van der Waals surface area contributed by atoms with E-state index >= 15 is 0 Å². The van der Waals surface area contributed by atoms with E-state index in [2.05, 4.69) is 20.4 Å². The molecule has 0 bridgehead atoms. The van der Waals surface area contributed by atoms with Crippen molar-refractivity contribution in [3.63, 3.8) is 0 Å². The number of aromatic nitrogens is 4. The first-order valence-electron chi connectivity index (χ1n) is 4.96. The van der Waals surface area contributed by atoms with Crippen LogP contribution in [0, 0.1) is 0 Å². The normalized spacial score (nSPS) is 10.3. The van der Waals surface area contributed by atoms with Gasteiger partial charge in [-0.15, -0.1) is 5.10 Å². The van der Waals surface area contributed by atoms with Crippen LogP contribution >= 0.6 is 11.8 Å². The van der Waals surface area contributed by atoms with Crippen molar-refractivity contribution in [2.24, 2.45) is 0 Å². The average Bonchev–Trinajstić information content (AvgIpc) is 2.80. The molecule has 0 amide bonds. The standard InChI is InChI=1S/C10H12N4OS/c1-2-15-9-5-3-4-8(12-9)7-16-10-6-11-14-13-10/h3-6H,2,7H2,1H3,(H,11,13,14). The van der Waals surface area contributed by atoms with Gasteiger partial charge in [-0.25, -0.2) is 4.98 Å². The molecular formula is C10H12N4OS. The molecule has 2 aromatic heterocycles. The Morgan fingerprint density at radius 1 is 1.44 bits per heavy atom. The van der Waals surface area contributed by atoms with E-state index in [0.29, 0.717) is 12.5 Å². The van der Waals surface area contributed by atoms with E-state index in [1.165, 1.54) is 0 Å². The molecule has 84 valence electrons. The molecule has 0 spiro atoms. The molecule has 0 aliphatic heterocycles. The van der Waals surface area contributed by atoms with Crippen LogP contribution < -0.4 is 4.74 Å². The smallest absolute Gasteiger partial charge is 0.213 e. The van der Waals surface area contributed by atoms with E-state index in [9.17, 15) is 0 Å². The largest absolute Gasteiger partial charge is 0.478 e. The van der Waals surface area contributed by atoms with Gasteiger partial charge in [-0.05, 0) is 13.0 Å². The van der Waals surface area contributed by atoms with Crippen LogP contribution in [0.15, 0.2) is 29.4 Å². The third kappa shape index (κ3) is 2.96. The summed E-state index contributed by atoms with van der Waals surface area (Å²) >= 11 is 1.58. The maximum atomic E-state index is 5.33. The van der Waals surface area contributed by atoms with Crippen molar-refractivity contribution < 1.29 is 4.74 Å². The molecule has 0 aliphatic rings. The fourth-order valence-electron chi connectivity index (χ4n) is 1.17.